The molecule has 1 aliphatic heterocycles. The van der Waals surface area contributed by atoms with E-state index >= 15 is 0 Å². The summed E-state index contributed by atoms with van der Waals surface area (Å²) in [4.78, 5) is 19.4. The molecule has 2 heterocycles. The zero-order valence-electron chi connectivity index (χ0n) is 16.1. The van der Waals surface area contributed by atoms with Gasteiger partial charge < -0.3 is 19.4 Å². The topological polar surface area (TPSA) is 68.6 Å². The molecule has 146 valence electrons. The van der Waals surface area contributed by atoms with E-state index in [0.717, 1.165) is 43.0 Å². The van der Waals surface area contributed by atoms with E-state index in [1.807, 2.05) is 30.3 Å². The minimum atomic E-state index is -0.230. The summed E-state index contributed by atoms with van der Waals surface area (Å²) in [6.07, 6.45) is 0. The molecule has 0 unspecified atom stereocenters. The third-order valence-corrected chi connectivity index (χ3v) is 4.99. The first-order valence-electron chi connectivity index (χ1n) is 9.45. The molecular weight excluding hydrogens is 356 g/mol. The van der Waals surface area contributed by atoms with E-state index in [1.165, 1.54) is 0 Å². The Hall–Kier alpha value is -3.06. The van der Waals surface area contributed by atoms with Crippen LogP contribution in [0.4, 0.5) is 5.69 Å². The number of para-hydroxylation sites is 2. The van der Waals surface area contributed by atoms with Crippen molar-refractivity contribution < 1.29 is 14.3 Å². The molecule has 7 heteroatoms. The lowest BCUT2D eigenvalue weighted by molar-refractivity contribution is -0.118. The molecule has 0 atom stereocenters. The number of nitrogens with zero attached hydrogens (tertiary/aromatic N) is 3. The first kappa shape index (κ1) is 18.3. The number of anilines is 1. The van der Waals surface area contributed by atoms with Gasteiger partial charge in [-0.2, -0.15) is 0 Å². The lowest BCUT2D eigenvalue weighted by Crippen LogP contribution is -2.33. The highest BCUT2D eigenvalue weighted by Gasteiger charge is 2.19. The number of imidazole rings is 1. The summed E-state index contributed by atoms with van der Waals surface area (Å²) in [6, 6.07) is 13.1. The van der Waals surface area contributed by atoms with E-state index < -0.39 is 0 Å². The fourth-order valence-corrected chi connectivity index (χ4v) is 3.50. The van der Waals surface area contributed by atoms with E-state index in [4.69, 9.17) is 14.5 Å². The summed E-state index contributed by atoms with van der Waals surface area (Å²) in [6.45, 7) is 5.94. The molecule has 3 aromatic rings. The van der Waals surface area contributed by atoms with Gasteiger partial charge in [-0.3, -0.25) is 9.69 Å². The predicted octanol–water partition coefficient (Wildman–Crippen LogP) is 2.90. The van der Waals surface area contributed by atoms with E-state index in [2.05, 4.69) is 21.7 Å². The van der Waals surface area contributed by atoms with Crippen molar-refractivity contribution in [1.29, 1.82) is 0 Å². The van der Waals surface area contributed by atoms with Gasteiger partial charge in [0.1, 0.15) is 5.82 Å². The van der Waals surface area contributed by atoms with Gasteiger partial charge in [0.25, 0.3) is 5.91 Å². The number of hydrogen-bond acceptors (Lipinski definition) is 5. The first-order chi connectivity index (χ1) is 13.7. The third kappa shape index (κ3) is 3.66. The van der Waals surface area contributed by atoms with Crippen molar-refractivity contribution in [2.45, 2.75) is 20.0 Å². The van der Waals surface area contributed by atoms with Gasteiger partial charge >= 0.3 is 0 Å². The summed E-state index contributed by atoms with van der Waals surface area (Å²) in [7, 11) is 1.57. The number of hydrogen-bond donors (Lipinski definition) is 1. The Bertz CT molecular complexity index is 998. The van der Waals surface area contributed by atoms with Crippen molar-refractivity contribution in [2.75, 3.05) is 32.1 Å². The number of fused-ring (bicyclic) bond motifs is 3. The lowest BCUT2D eigenvalue weighted by Gasteiger charge is -2.26. The molecule has 7 nitrogen and oxygen atoms in total. The molecule has 1 N–H and O–H groups in total. The molecule has 0 spiro atoms. The van der Waals surface area contributed by atoms with Crippen LogP contribution in [-0.4, -0.2) is 47.2 Å². The van der Waals surface area contributed by atoms with Crippen molar-refractivity contribution in [3.05, 3.63) is 48.3 Å². The van der Waals surface area contributed by atoms with E-state index in [1.54, 1.807) is 19.2 Å². The number of methoxy groups -OCH3 is 1. The number of rotatable bonds is 6. The van der Waals surface area contributed by atoms with E-state index in [-0.39, 0.29) is 12.5 Å². The summed E-state index contributed by atoms with van der Waals surface area (Å²) < 4.78 is 13.1. The van der Waals surface area contributed by atoms with Gasteiger partial charge in [-0.25, -0.2) is 4.98 Å². The maximum atomic E-state index is 12.3. The number of carbonyl (C=O) groups excluding carboxylic acids is 1. The average Bonchev–Trinajstić information content (AvgIpc) is 3.09. The Morgan fingerprint density at radius 3 is 2.79 bits per heavy atom. The lowest BCUT2D eigenvalue weighted by atomic mass is 10.2. The van der Waals surface area contributed by atoms with Crippen molar-refractivity contribution in [3.63, 3.8) is 0 Å². The van der Waals surface area contributed by atoms with Crippen LogP contribution in [0.5, 0.6) is 11.5 Å². The Labute approximate surface area is 163 Å². The molecule has 0 fully saturated rings. The molecule has 2 aromatic carbocycles. The molecule has 4 rings (SSSR count). The van der Waals surface area contributed by atoms with Crippen molar-refractivity contribution >= 4 is 22.6 Å². The predicted molar refractivity (Wildman–Crippen MR) is 108 cm³/mol. The minimum absolute atomic E-state index is 0.0937. The number of ether oxygens (including phenoxy) is 2. The van der Waals surface area contributed by atoms with Gasteiger partial charge in [-0.1, -0.05) is 19.1 Å². The third-order valence-electron chi connectivity index (χ3n) is 4.99. The fraction of sp³-hybridized carbons (Fsp3) is 0.333. The highest BCUT2D eigenvalue weighted by atomic mass is 16.5. The number of benzene rings is 2. The van der Waals surface area contributed by atoms with Crippen LogP contribution in [0.25, 0.3) is 11.0 Å². The van der Waals surface area contributed by atoms with Crippen LogP contribution in [0.3, 0.4) is 0 Å². The van der Waals surface area contributed by atoms with Crippen molar-refractivity contribution in [3.8, 4) is 11.5 Å². The summed E-state index contributed by atoms with van der Waals surface area (Å²) in [5.74, 6) is 1.98. The summed E-state index contributed by atoms with van der Waals surface area (Å²) in [5, 5.41) is 2.88. The number of carbonyl (C=O) groups is 1. The SMILES string of the molecule is CCN1CCn2c(nc3cc(NC(=O)COc4ccccc4OC)ccc32)C1. The minimum Gasteiger partial charge on any atom is -0.493 e. The van der Waals surface area contributed by atoms with Crippen LogP contribution >= 0.6 is 0 Å². The zero-order chi connectivity index (χ0) is 19.5. The quantitative estimate of drug-likeness (QED) is 0.712. The van der Waals surface area contributed by atoms with Crippen molar-refractivity contribution in [2.24, 2.45) is 0 Å². The summed E-state index contributed by atoms with van der Waals surface area (Å²) >= 11 is 0. The monoisotopic (exact) mass is 380 g/mol. The van der Waals surface area contributed by atoms with Gasteiger partial charge in [0.05, 0.1) is 24.7 Å². The Balaban J connectivity index is 1.44. The maximum Gasteiger partial charge on any atom is 0.262 e. The van der Waals surface area contributed by atoms with Crippen LogP contribution in [0.1, 0.15) is 12.7 Å². The van der Waals surface area contributed by atoms with Gasteiger partial charge in [0.15, 0.2) is 18.1 Å². The van der Waals surface area contributed by atoms with Crippen LogP contribution < -0.4 is 14.8 Å². The number of amides is 1. The molecule has 0 bridgehead atoms. The molecule has 28 heavy (non-hydrogen) atoms. The molecule has 0 radical (unpaired) electrons. The zero-order valence-corrected chi connectivity index (χ0v) is 16.1. The average molecular weight is 380 g/mol. The second-order valence-corrected chi connectivity index (χ2v) is 6.74. The molecule has 0 aliphatic carbocycles. The van der Waals surface area contributed by atoms with Crippen LogP contribution in [0.2, 0.25) is 0 Å². The largest absolute Gasteiger partial charge is 0.493 e. The summed E-state index contributed by atoms with van der Waals surface area (Å²) in [5.41, 5.74) is 2.72. The van der Waals surface area contributed by atoms with Crippen LogP contribution in [-0.2, 0) is 17.9 Å². The molecular formula is C21H24N4O3. The second-order valence-electron chi connectivity index (χ2n) is 6.74. The highest BCUT2D eigenvalue weighted by Crippen LogP contribution is 2.26. The maximum absolute atomic E-state index is 12.3. The van der Waals surface area contributed by atoms with Gasteiger partial charge in [0.2, 0.25) is 0 Å². The molecule has 1 amide bonds. The molecule has 0 saturated carbocycles. The van der Waals surface area contributed by atoms with Crippen molar-refractivity contribution in [1.82, 2.24) is 14.5 Å². The number of aromatic nitrogens is 2. The molecule has 1 aliphatic rings. The second kappa shape index (κ2) is 7.90. The highest BCUT2D eigenvalue weighted by molar-refractivity contribution is 5.94. The Morgan fingerprint density at radius 2 is 2.00 bits per heavy atom. The van der Waals surface area contributed by atoms with Crippen LogP contribution in [0.15, 0.2) is 42.5 Å². The van der Waals surface area contributed by atoms with Gasteiger partial charge in [-0.15, -0.1) is 0 Å². The molecule has 1 aromatic heterocycles. The first-order valence-corrected chi connectivity index (χ1v) is 9.45. The Morgan fingerprint density at radius 1 is 1.18 bits per heavy atom. The van der Waals surface area contributed by atoms with E-state index in [9.17, 15) is 4.79 Å². The normalized spacial score (nSPS) is 13.9. The van der Waals surface area contributed by atoms with Gasteiger partial charge in [0, 0.05) is 18.8 Å². The Kier molecular flexibility index (Phi) is 5.16. The smallest absolute Gasteiger partial charge is 0.262 e. The number of nitrogens with one attached hydrogen (secondary N) is 1. The standard InChI is InChI=1S/C21H24N4O3/c1-3-24-10-11-25-17-9-8-15(12-16(17)23-20(25)13-24)22-21(26)14-28-19-7-5-4-6-18(19)27-2/h4-9,12H,3,10-11,13-14H2,1-2H3,(H,22,26). The van der Waals surface area contributed by atoms with Crippen LogP contribution in [0, 0.1) is 0 Å². The van der Waals surface area contributed by atoms with Gasteiger partial charge in [-0.05, 0) is 36.9 Å². The molecule has 0 saturated heterocycles. The number of likely N-dealkylation sites (N-methyl/N-ethyl adjacent to an activating group) is 1. The van der Waals surface area contributed by atoms with E-state index in [0.29, 0.717) is 17.2 Å². The fourth-order valence-electron chi connectivity index (χ4n) is 3.50.